The monoisotopic (exact) mass is 286 g/mol. The summed E-state index contributed by atoms with van der Waals surface area (Å²) in [5.41, 5.74) is 1.84. The van der Waals surface area contributed by atoms with Gasteiger partial charge in [-0.2, -0.15) is 0 Å². The average molecular weight is 286 g/mol. The van der Waals surface area contributed by atoms with Crippen LogP contribution in [0, 0.1) is 6.92 Å². The minimum absolute atomic E-state index is 0.154. The molecule has 2 aromatic rings. The van der Waals surface area contributed by atoms with Gasteiger partial charge in [-0.1, -0.05) is 24.3 Å². The number of methoxy groups -OCH3 is 1. The van der Waals surface area contributed by atoms with Crippen molar-refractivity contribution in [2.75, 3.05) is 19.1 Å². The Morgan fingerprint density at radius 3 is 2.71 bits per heavy atom. The Bertz CT molecular complexity index is 614. The highest BCUT2D eigenvalue weighted by Gasteiger charge is 2.14. The molecule has 0 fully saturated rings. The van der Waals surface area contributed by atoms with Crippen molar-refractivity contribution >= 4 is 11.9 Å². The first-order chi connectivity index (χ1) is 10.1. The van der Waals surface area contributed by atoms with E-state index in [0.717, 1.165) is 16.9 Å². The molecular formula is C16H18N2O3. The van der Waals surface area contributed by atoms with Crippen LogP contribution in [0.4, 0.5) is 10.6 Å². The van der Waals surface area contributed by atoms with Gasteiger partial charge >= 0.3 is 6.09 Å². The molecule has 2 rings (SSSR count). The van der Waals surface area contributed by atoms with Crippen LogP contribution in [0.25, 0.3) is 0 Å². The summed E-state index contributed by atoms with van der Waals surface area (Å²) in [6, 6.07) is 11.1. The van der Waals surface area contributed by atoms with E-state index in [9.17, 15) is 4.79 Å². The standard InChI is InChI=1S/C16H18N2O3/c1-12-7-6-8-13(15(12)20-3)11-21-16(19)18(2)14-9-4-5-10-17-14/h4-10H,11H2,1-3H3. The lowest BCUT2D eigenvalue weighted by Gasteiger charge is -2.17. The molecule has 0 atom stereocenters. The molecule has 0 radical (unpaired) electrons. The van der Waals surface area contributed by atoms with E-state index in [1.54, 1.807) is 32.5 Å². The zero-order valence-corrected chi connectivity index (χ0v) is 12.4. The summed E-state index contributed by atoms with van der Waals surface area (Å²) in [5, 5.41) is 0. The summed E-state index contributed by atoms with van der Waals surface area (Å²) in [6.07, 6.45) is 1.17. The Balaban J connectivity index is 2.03. The number of para-hydroxylation sites is 1. The van der Waals surface area contributed by atoms with Gasteiger partial charge in [0.15, 0.2) is 0 Å². The number of carbonyl (C=O) groups excluding carboxylic acids is 1. The summed E-state index contributed by atoms with van der Waals surface area (Å²) in [6.45, 7) is 2.10. The predicted octanol–water partition coefficient (Wildman–Crippen LogP) is 3.17. The molecule has 110 valence electrons. The van der Waals surface area contributed by atoms with Crippen LogP contribution < -0.4 is 9.64 Å². The van der Waals surface area contributed by atoms with Crippen molar-refractivity contribution in [3.05, 3.63) is 53.7 Å². The van der Waals surface area contributed by atoms with E-state index >= 15 is 0 Å². The predicted molar refractivity (Wildman–Crippen MR) is 80.6 cm³/mol. The number of rotatable bonds is 4. The second-order valence-corrected chi connectivity index (χ2v) is 4.57. The molecule has 0 saturated carbocycles. The minimum Gasteiger partial charge on any atom is -0.496 e. The van der Waals surface area contributed by atoms with Gasteiger partial charge in [-0.15, -0.1) is 0 Å². The molecule has 1 aromatic heterocycles. The van der Waals surface area contributed by atoms with Crippen molar-refractivity contribution < 1.29 is 14.3 Å². The summed E-state index contributed by atoms with van der Waals surface area (Å²) >= 11 is 0. The molecule has 0 aliphatic rings. The number of hydrogen-bond donors (Lipinski definition) is 0. The third kappa shape index (κ3) is 3.51. The van der Waals surface area contributed by atoms with Crippen molar-refractivity contribution in [1.82, 2.24) is 4.98 Å². The summed E-state index contributed by atoms with van der Waals surface area (Å²) < 4.78 is 10.6. The Kier molecular flexibility index (Phi) is 4.77. The molecule has 1 heterocycles. The second-order valence-electron chi connectivity index (χ2n) is 4.57. The number of aryl methyl sites for hydroxylation is 1. The number of pyridine rings is 1. The summed E-state index contributed by atoms with van der Waals surface area (Å²) in [7, 11) is 3.23. The third-order valence-corrected chi connectivity index (χ3v) is 3.12. The fourth-order valence-electron chi connectivity index (χ4n) is 2.00. The lowest BCUT2D eigenvalue weighted by Crippen LogP contribution is -2.27. The number of nitrogens with zero attached hydrogens (tertiary/aromatic N) is 2. The van der Waals surface area contributed by atoms with Crippen molar-refractivity contribution in [3.8, 4) is 5.75 Å². The molecular weight excluding hydrogens is 268 g/mol. The van der Waals surface area contributed by atoms with Gasteiger partial charge in [-0.05, 0) is 24.6 Å². The Morgan fingerprint density at radius 1 is 1.24 bits per heavy atom. The maximum atomic E-state index is 12.0. The number of carbonyl (C=O) groups is 1. The largest absolute Gasteiger partial charge is 0.496 e. The molecule has 0 bridgehead atoms. The molecule has 0 unspecified atom stereocenters. The fraction of sp³-hybridized carbons (Fsp3) is 0.250. The van der Waals surface area contributed by atoms with Crippen molar-refractivity contribution in [2.45, 2.75) is 13.5 Å². The van der Waals surface area contributed by atoms with E-state index in [2.05, 4.69) is 4.98 Å². The molecule has 5 nitrogen and oxygen atoms in total. The van der Waals surface area contributed by atoms with Crippen molar-refractivity contribution in [2.24, 2.45) is 0 Å². The zero-order valence-electron chi connectivity index (χ0n) is 12.4. The van der Waals surface area contributed by atoms with Gasteiger partial charge in [0, 0.05) is 18.8 Å². The van der Waals surface area contributed by atoms with Gasteiger partial charge in [-0.25, -0.2) is 9.78 Å². The van der Waals surface area contributed by atoms with Crippen LogP contribution in [-0.4, -0.2) is 25.2 Å². The maximum absolute atomic E-state index is 12.0. The Morgan fingerprint density at radius 2 is 2.05 bits per heavy atom. The average Bonchev–Trinajstić information content (AvgIpc) is 2.52. The third-order valence-electron chi connectivity index (χ3n) is 3.12. The lowest BCUT2D eigenvalue weighted by molar-refractivity contribution is 0.147. The van der Waals surface area contributed by atoms with E-state index in [0.29, 0.717) is 5.82 Å². The molecule has 0 aliphatic heterocycles. The Labute approximate surface area is 124 Å². The van der Waals surface area contributed by atoms with E-state index in [1.165, 1.54) is 4.90 Å². The Hall–Kier alpha value is -2.56. The van der Waals surface area contributed by atoms with Gasteiger partial charge in [-0.3, -0.25) is 4.90 Å². The molecule has 1 aromatic carbocycles. The van der Waals surface area contributed by atoms with Gasteiger partial charge in [0.1, 0.15) is 18.2 Å². The first-order valence-corrected chi connectivity index (χ1v) is 6.57. The summed E-state index contributed by atoms with van der Waals surface area (Å²) in [4.78, 5) is 17.5. The van der Waals surface area contributed by atoms with Crippen LogP contribution in [0.2, 0.25) is 0 Å². The number of ether oxygens (including phenoxy) is 2. The zero-order chi connectivity index (χ0) is 15.2. The smallest absolute Gasteiger partial charge is 0.415 e. The summed E-state index contributed by atoms with van der Waals surface area (Å²) in [5.74, 6) is 1.28. The van der Waals surface area contributed by atoms with E-state index in [4.69, 9.17) is 9.47 Å². The number of aromatic nitrogens is 1. The van der Waals surface area contributed by atoms with Gasteiger partial charge < -0.3 is 9.47 Å². The van der Waals surface area contributed by atoms with Gasteiger partial charge in [0.05, 0.1) is 7.11 Å². The topological polar surface area (TPSA) is 51.7 Å². The first-order valence-electron chi connectivity index (χ1n) is 6.57. The van der Waals surface area contributed by atoms with Crippen molar-refractivity contribution in [1.29, 1.82) is 0 Å². The molecule has 5 heteroatoms. The molecule has 0 saturated heterocycles. The quantitative estimate of drug-likeness (QED) is 0.866. The van der Waals surface area contributed by atoms with Crippen LogP contribution in [0.1, 0.15) is 11.1 Å². The minimum atomic E-state index is -0.461. The van der Waals surface area contributed by atoms with E-state index < -0.39 is 6.09 Å². The second kappa shape index (κ2) is 6.74. The number of hydrogen-bond acceptors (Lipinski definition) is 4. The van der Waals surface area contributed by atoms with Crippen LogP contribution in [0.15, 0.2) is 42.6 Å². The number of anilines is 1. The number of amides is 1. The van der Waals surface area contributed by atoms with E-state index in [1.807, 2.05) is 31.2 Å². The van der Waals surface area contributed by atoms with Crippen LogP contribution in [0.3, 0.4) is 0 Å². The number of benzene rings is 1. The maximum Gasteiger partial charge on any atom is 0.415 e. The van der Waals surface area contributed by atoms with Gasteiger partial charge in [0.25, 0.3) is 0 Å². The lowest BCUT2D eigenvalue weighted by atomic mass is 10.1. The fourth-order valence-corrected chi connectivity index (χ4v) is 2.00. The van der Waals surface area contributed by atoms with Crippen molar-refractivity contribution in [3.63, 3.8) is 0 Å². The normalized spacial score (nSPS) is 10.0. The van der Waals surface area contributed by atoms with Crippen LogP contribution in [0.5, 0.6) is 5.75 Å². The molecule has 0 spiro atoms. The first kappa shape index (κ1) is 14.8. The van der Waals surface area contributed by atoms with Crippen LogP contribution in [-0.2, 0) is 11.3 Å². The molecule has 1 amide bonds. The highest BCUT2D eigenvalue weighted by Crippen LogP contribution is 2.23. The highest BCUT2D eigenvalue weighted by atomic mass is 16.6. The molecule has 21 heavy (non-hydrogen) atoms. The highest BCUT2D eigenvalue weighted by molar-refractivity contribution is 5.85. The SMILES string of the molecule is COc1c(C)cccc1COC(=O)N(C)c1ccccn1. The molecule has 0 aliphatic carbocycles. The van der Waals surface area contributed by atoms with E-state index in [-0.39, 0.29) is 6.61 Å². The van der Waals surface area contributed by atoms with Gasteiger partial charge in [0.2, 0.25) is 0 Å². The van der Waals surface area contributed by atoms with Crippen LogP contribution >= 0.6 is 0 Å². The molecule has 0 N–H and O–H groups in total.